The van der Waals surface area contributed by atoms with Gasteiger partial charge in [0.25, 0.3) is 0 Å². The van der Waals surface area contributed by atoms with Crippen LogP contribution < -0.4 is 0 Å². The summed E-state index contributed by atoms with van der Waals surface area (Å²) in [6, 6.07) is -0.947. The molecule has 0 aliphatic heterocycles. The standard InChI is InChI=1S/C14H3ClF10O2S/c15-28(26,27)14(24,25)6-3-5(9(18)12(21)10(6)19)13(22,23)4-1-2-7(16)11(20)8(4)17/h1-3H. The molecule has 2 rings (SSSR count). The van der Waals surface area contributed by atoms with Gasteiger partial charge in [-0.15, -0.1) is 0 Å². The summed E-state index contributed by atoms with van der Waals surface area (Å²) in [7, 11) is -1.70. The molecule has 0 saturated carbocycles. The minimum absolute atomic E-state index is 0.0296. The highest BCUT2D eigenvalue weighted by Crippen LogP contribution is 2.45. The number of halogens is 11. The summed E-state index contributed by atoms with van der Waals surface area (Å²) in [6.07, 6.45) is 0. The first-order chi connectivity index (χ1) is 12.5. The Labute approximate surface area is 153 Å². The molecule has 0 amide bonds. The predicted octanol–water partition coefficient (Wildman–Crippen LogP) is 5.28. The van der Waals surface area contributed by atoms with Crippen LogP contribution in [-0.2, 0) is 20.2 Å². The highest BCUT2D eigenvalue weighted by atomic mass is 35.7. The van der Waals surface area contributed by atoms with Gasteiger partial charge < -0.3 is 0 Å². The highest BCUT2D eigenvalue weighted by molar-refractivity contribution is 8.14. The topological polar surface area (TPSA) is 34.1 Å². The lowest BCUT2D eigenvalue weighted by molar-refractivity contribution is 0.0317. The van der Waals surface area contributed by atoms with Crippen molar-refractivity contribution in [2.45, 2.75) is 11.2 Å². The van der Waals surface area contributed by atoms with Crippen molar-refractivity contribution in [1.82, 2.24) is 0 Å². The fraction of sp³-hybridized carbons (Fsp3) is 0.143. The van der Waals surface area contributed by atoms with Gasteiger partial charge in [0.05, 0.1) is 16.7 Å². The Morgan fingerprint density at radius 2 is 1.14 bits per heavy atom. The van der Waals surface area contributed by atoms with Crippen molar-refractivity contribution >= 4 is 19.7 Å². The van der Waals surface area contributed by atoms with Crippen LogP contribution in [-0.4, -0.2) is 8.42 Å². The minimum Gasteiger partial charge on any atom is -0.205 e. The van der Waals surface area contributed by atoms with Crippen LogP contribution in [0.4, 0.5) is 43.9 Å². The predicted molar refractivity (Wildman–Crippen MR) is 74.3 cm³/mol. The summed E-state index contributed by atoms with van der Waals surface area (Å²) in [5, 5.41) is -5.51. The van der Waals surface area contributed by atoms with E-state index in [4.69, 9.17) is 0 Å². The molecular weight excluding hydrogens is 458 g/mol. The van der Waals surface area contributed by atoms with Gasteiger partial charge >= 0.3 is 20.2 Å². The Bertz CT molecular complexity index is 1070. The molecule has 14 heteroatoms. The second-order valence-electron chi connectivity index (χ2n) is 5.17. The third kappa shape index (κ3) is 3.30. The van der Waals surface area contributed by atoms with E-state index in [0.29, 0.717) is 0 Å². The summed E-state index contributed by atoms with van der Waals surface area (Å²) < 4.78 is 159. The maximum atomic E-state index is 14.4. The van der Waals surface area contributed by atoms with Crippen LogP contribution >= 0.6 is 10.7 Å². The number of benzene rings is 2. The molecule has 0 aromatic heterocycles. The lowest BCUT2D eigenvalue weighted by atomic mass is 9.96. The van der Waals surface area contributed by atoms with Crippen LogP contribution in [0.15, 0.2) is 18.2 Å². The van der Waals surface area contributed by atoms with Gasteiger partial charge in [-0.25, -0.2) is 34.8 Å². The van der Waals surface area contributed by atoms with E-state index in [-0.39, 0.29) is 12.1 Å². The van der Waals surface area contributed by atoms with Gasteiger partial charge in [-0.3, -0.25) is 0 Å². The molecule has 0 aliphatic rings. The van der Waals surface area contributed by atoms with Crippen LogP contribution in [0.3, 0.4) is 0 Å². The van der Waals surface area contributed by atoms with E-state index >= 15 is 0 Å². The first-order valence-electron chi connectivity index (χ1n) is 6.57. The molecule has 0 N–H and O–H groups in total. The van der Waals surface area contributed by atoms with Gasteiger partial charge in [-0.05, 0) is 18.2 Å². The van der Waals surface area contributed by atoms with E-state index < -0.39 is 77.9 Å². The van der Waals surface area contributed by atoms with E-state index in [1.807, 2.05) is 0 Å². The summed E-state index contributed by atoms with van der Waals surface area (Å²) in [4.78, 5) is 0. The number of rotatable bonds is 4. The van der Waals surface area contributed by atoms with Crippen molar-refractivity contribution < 1.29 is 52.3 Å². The number of hydrogen-bond acceptors (Lipinski definition) is 2. The van der Waals surface area contributed by atoms with Gasteiger partial charge in [-0.2, -0.15) is 17.6 Å². The Morgan fingerprint density at radius 3 is 1.64 bits per heavy atom. The van der Waals surface area contributed by atoms with E-state index in [9.17, 15) is 52.3 Å². The van der Waals surface area contributed by atoms with Crippen molar-refractivity contribution in [3.63, 3.8) is 0 Å². The van der Waals surface area contributed by atoms with Crippen molar-refractivity contribution in [3.05, 3.63) is 69.8 Å². The molecule has 0 atom stereocenters. The molecule has 2 aromatic carbocycles. The molecule has 0 radical (unpaired) electrons. The second-order valence-corrected chi connectivity index (χ2v) is 7.77. The highest BCUT2D eigenvalue weighted by Gasteiger charge is 2.51. The maximum Gasteiger partial charge on any atom is 0.387 e. The Hall–Kier alpha value is -2.02. The quantitative estimate of drug-likeness (QED) is 0.353. The minimum atomic E-state index is -6.07. The summed E-state index contributed by atoms with van der Waals surface area (Å²) in [6.45, 7) is 0. The molecule has 0 fully saturated rings. The fourth-order valence-corrected chi connectivity index (χ4v) is 2.75. The first-order valence-corrected chi connectivity index (χ1v) is 8.88. The molecule has 2 aromatic rings. The van der Waals surface area contributed by atoms with Gasteiger partial charge in [0, 0.05) is 10.7 Å². The van der Waals surface area contributed by atoms with Crippen molar-refractivity contribution in [2.24, 2.45) is 0 Å². The summed E-state index contributed by atoms with van der Waals surface area (Å²) in [5.41, 5.74) is -7.22. The SMILES string of the molecule is O=S(=O)(Cl)C(F)(F)c1cc(C(F)(F)c2ccc(F)c(F)c2F)c(F)c(F)c1F. The Kier molecular flexibility index (Phi) is 5.40. The zero-order chi connectivity index (χ0) is 21.8. The Morgan fingerprint density at radius 1 is 0.679 bits per heavy atom. The Balaban J connectivity index is 2.88. The van der Waals surface area contributed by atoms with E-state index in [1.165, 1.54) is 0 Å². The molecule has 0 heterocycles. The maximum absolute atomic E-state index is 14.4. The van der Waals surface area contributed by atoms with Gasteiger partial charge in [0.1, 0.15) is 0 Å². The lowest BCUT2D eigenvalue weighted by Gasteiger charge is -2.22. The summed E-state index contributed by atoms with van der Waals surface area (Å²) in [5.74, 6) is -20.8. The van der Waals surface area contributed by atoms with Crippen LogP contribution in [0.5, 0.6) is 0 Å². The van der Waals surface area contributed by atoms with Gasteiger partial charge in [-0.1, -0.05) is 0 Å². The largest absolute Gasteiger partial charge is 0.387 e. The van der Waals surface area contributed by atoms with E-state index in [2.05, 4.69) is 10.7 Å². The molecule has 0 bridgehead atoms. The molecule has 0 unspecified atom stereocenters. The average molecular weight is 461 g/mol. The number of alkyl halides is 4. The third-order valence-corrected chi connectivity index (χ3v) is 4.89. The van der Waals surface area contributed by atoms with Crippen molar-refractivity contribution in [2.75, 3.05) is 0 Å². The molecular formula is C14H3ClF10O2S. The van der Waals surface area contributed by atoms with Crippen molar-refractivity contribution in [1.29, 1.82) is 0 Å². The molecule has 154 valence electrons. The van der Waals surface area contributed by atoms with Crippen molar-refractivity contribution in [3.8, 4) is 0 Å². The molecule has 0 saturated heterocycles. The zero-order valence-electron chi connectivity index (χ0n) is 12.6. The lowest BCUT2D eigenvalue weighted by Crippen LogP contribution is -2.27. The third-order valence-electron chi connectivity index (χ3n) is 3.48. The summed E-state index contributed by atoms with van der Waals surface area (Å²) >= 11 is 0. The van der Waals surface area contributed by atoms with Crippen LogP contribution in [0.25, 0.3) is 0 Å². The monoisotopic (exact) mass is 460 g/mol. The van der Waals surface area contributed by atoms with Crippen LogP contribution in [0, 0.1) is 34.9 Å². The van der Waals surface area contributed by atoms with E-state index in [1.54, 1.807) is 0 Å². The van der Waals surface area contributed by atoms with E-state index in [0.717, 1.165) is 0 Å². The average Bonchev–Trinajstić information content (AvgIpc) is 2.56. The van der Waals surface area contributed by atoms with Gasteiger partial charge in [0.2, 0.25) is 0 Å². The molecule has 0 spiro atoms. The fourth-order valence-electron chi connectivity index (χ4n) is 2.09. The molecule has 2 nitrogen and oxygen atoms in total. The zero-order valence-corrected chi connectivity index (χ0v) is 14.2. The molecule has 0 aliphatic carbocycles. The van der Waals surface area contributed by atoms with Gasteiger partial charge in [0.15, 0.2) is 34.9 Å². The normalized spacial score (nSPS) is 13.1. The van der Waals surface area contributed by atoms with Crippen LogP contribution in [0.1, 0.15) is 16.7 Å². The van der Waals surface area contributed by atoms with Crippen LogP contribution in [0.2, 0.25) is 0 Å². The first kappa shape index (κ1) is 22.3. The smallest absolute Gasteiger partial charge is 0.205 e. The molecule has 28 heavy (non-hydrogen) atoms. The second kappa shape index (κ2) is 6.79. The number of hydrogen-bond donors (Lipinski definition) is 0.